The third-order valence-electron chi connectivity index (χ3n) is 3.16. The molecule has 0 saturated heterocycles. The van der Waals surface area contributed by atoms with Crippen LogP contribution in [0.5, 0.6) is 0 Å². The van der Waals surface area contributed by atoms with Gasteiger partial charge in [0.05, 0.1) is 17.0 Å². The molecular formula is C14H12N4O3S2. The molecular weight excluding hydrogens is 336 g/mol. The van der Waals surface area contributed by atoms with Crippen LogP contribution >= 0.6 is 22.9 Å². The van der Waals surface area contributed by atoms with Gasteiger partial charge in [0.1, 0.15) is 5.76 Å². The van der Waals surface area contributed by atoms with E-state index in [0.29, 0.717) is 33.4 Å². The van der Waals surface area contributed by atoms with Crippen molar-refractivity contribution in [1.82, 2.24) is 9.36 Å². The highest BCUT2D eigenvalue weighted by Crippen LogP contribution is 2.30. The summed E-state index contributed by atoms with van der Waals surface area (Å²) in [5.74, 6) is -0.265. The van der Waals surface area contributed by atoms with E-state index in [-0.39, 0.29) is 11.7 Å². The number of aromatic nitrogens is 2. The maximum absolute atomic E-state index is 12.1. The number of furan rings is 1. The fourth-order valence-corrected chi connectivity index (χ4v) is 3.39. The summed E-state index contributed by atoms with van der Waals surface area (Å²) in [6.07, 6.45) is 0. The zero-order valence-electron chi connectivity index (χ0n) is 12.2. The lowest BCUT2D eigenvalue weighted by molar-refractivity contribution is 0.0971. The largest absolute Gasteiger partial charge is 0.456 e. The van der Waals surface area contributed by atoms with Crippen LogP contribution in [0.4, 0.5) is 5.13 Å². The Morgan fingerprint density at radius 2 is 2.09 bits per heavy atom. The van der Waals surface area contributed by atoms with Crippen molar-refractivity contribution in [3.8, 4) is 11.3 Å². The van der Waals surface area contributed by atoms with Gasteiger partial charge in [0, 0.05) is 16.3 Å². The fraction of sp³-hybridized carbons (Fsp3) is 0.143. The standard InChI is InChI=1S/C14H12N4O3S2/c1-6-9(4-23-18-6)13(20)17-14-16-10(5-22-14)8-3-11(12(15)19)21-7(8)2/h3-5H,1-2H3,(H2,15,19)(H,16,17,20). The Balaban J connectivity index is 1.82. The van der Waals surface area contributed by atoms with Gasteiger partial charge in [-0.3, -0.25) is 14.9 Å². The monoisotopic (exact) mass is 348 g/mol. The van der Waals surface area contributed by atoms with Crippen LogP contribution < -0.4 is 11.1 Å². The van der Waals surface area contributed by atoms with Crippen LogP contribution in [0.1, 0.15) is 32.4 Å². The van der Waals surface area contributed by atoms with Gasteiger partial charge in [-0.15, -0.1) is 11.3 Å². The number of rotatable bonds is 4. The molecule has 0 aliphatic rings. The summed E-state index contributed by atoms with van der Waals surface area (Å²) >= 11 is 2.51. The molecule has 0 aliphatic heterocycles. The van der Waals surface area contributed by atoms with Crippen LogP contribution in [-0.4, -0.2) is 21.2 Å². The smallest absolute Gasteiger partial charge is 0.284 e. The Hall–Kier alpha value is -2.52. The Morgan fingerprint density at radius 3 is 2.70 bits per heavy atom. The molecule has 3 N–H and O–H groups in total. The quantitative estimate of drug-likeness (QED) is 0.753. The third kappa shape index (κ3) is 3.01. The molecule has 0 radical (unpaired) electrons. The Kier molecular flexibility index (Phi) is 3.97. The van der Waals surface area contributed by atoms with E-state index in [9.17, 15) is 9.59 Å². The molecule has 0 spiro atoms. The summed E-state index contributed by atoms with van der Waals surface area (Å²) < 4.78 is 9.36. The van der Waals surface area contributed by atoms with Gasteiger partial charge in [-0.25, -0.2) is 4.98 Å². The molecule has 7 nitrogen and oxygen atoms in total. The predicted octanol–water partition coefficient (Wildman–Crippen LogP) is 2.83. The minimum atomic E-state index is -0.636. The number of hydrogen-bond donors (Lipinski definition) is 2. The first-order valence-electron chi connectivity index (χ1n) is 6.54. The van der Waals surface area contributed by atoms with Crippen molar-refractivity contribution < 1.29 is 14.0 Å². The number of primary amides is 1. The van der Waals surface area contributed by atoms with Gasteiger partial charge < -0.3 is 10.2 Å². The maximum Gasteiger partial charge on any atom is 0.284 e. The van der Waals surface area contributed by atoms with Gasteiger partial charge in [0.15, 0.2) is 10.9 Å². The molecule has 0 bridgehead atoms. The molecule has 0 atom stereocenters. The Morgan fingerprint density at radius 1 is 1.30 bits per heavy atom. The van der Waals surface area contributed by atoms with Gasteiger partial charge in [0.2, 0.25) is 0 Å². The van der Waals surface area contributed by atoms with Crippen LogP contribution in [0.25, 0.3) is 11.3 Å². The molecule has 2 amide bonds. The molecule has 3 rings (SSSR count). The SMILES string of the molecule is Cc1nscc1C(=O)Nc1nc(-c2cc(C(N)=O)oc2C)cs1. The van der Waals surface area contributed by atoms with Crippen molar-refractivity contribution in [3.05, 3.63) is 39.6 Å². The highest BCUT2D eigenvalue weighted by Gasteiger charge is 2.17. The average molecular weight is 348 g/mol. The summed E-state index contributed by atoms with van der Waals surface area (Å²) in [4.78, 5) is 27.7. The molecule has 118 valence electrons. The van der Waals surface area contributed by atoms with Gasteiger partial charge in [-0.05, 0) is 31.4 Å². The molecule has 0 aliphatic carbocycles. The van der Waals surface area contributed by atoms with E-state index in [1.165, 1.54) is 22.9 Å². The molecule has 0 aromatic carbocycles. The molecule has 9 heteroatoms. The number of amides is 2. The van der Waals surface area contributed by atoms with Crippen LogP contribution in [-0.2, 0) is 0 Å². The second-order valence-electron chi connectivity index (χ2n) is 4.75. The highest BCUT2D eigenvalue weighted by atomic mass is 32.1. The second-order valence-corrected chi connectivity index (χ2v) is 6.24. The first-order valence-corrected chi connectivity index (χ1v) is 8.26. The van der Waals surface area contributed by atoms with Crippen LogP contribution in [0, 0.1) is 13.8 Å². The lowest BCUT2D eigenvalue weighted by Crippen LogP contribution is -2.12. The molecule has 3 heterocycles. The van der Waals surface area contributed by atoms with E-state index in [1.54, 1.807) is 30.7 Å². The van der Waals surface area contributed by atoms with Gasteiger partial charge in [0.25, 0.3) is 11.8 Å². The predicted molar refractivity (Wildman–Crippen MR) is 87.9 cm³/mol. The van der Waals surface area contributed by atoms with E-state index < -0.39 is 5.91 Å². The van der Waals surface area contributed by atoms with Gasteiger partial charge in [-0.1, -0.05) is 0 Å². The number of nitrogens with two attached hydrogens (primary N) is 1. The van der Waals surface area contributed by atoms with Crippen LogP contribution in [0.3, 0.4) is 0 Å². The molecule has 3 aromatic rings. The Labute approximate surface area is 139 Å². The normalized spacial score (nSPS) is 10.7. The fourth-order valence-electron chi connectivity index (χ4n) is 1.99. The summed E-state index contributed by atoms with van der Waals surface area (Å²) in [5.41, 5.74) is 7.69. The highest BCUT2D eigenvalue weighted by molar-refractivity contribution is 7.14. The number of aryl methyl sites for hydroxylation is 2. The summed E-state index contributed by atoms with van der Waals surface area (Å²) in [7, 11) is 0. The molecule has 0 unspecified atom stereocenters. The lowest BCUT2D eigenvalue weighted by atomic mass is 10.2. The van der Waals surface area contributed by atoms with E-state index in [1.807, 2.05) is 0 Å². The van der Waals surface area contributed by atoms with Gasteiger partial charge >= 0.3 is 0 Å². The minimum absolute atomic E-state index is 0.0797. The summed E-state index contributed by atoms with van der Waals surface area (Å²) in [6.45, 7) is 3.50. The summed E-state index contributed by atoms with van der Waals surface area (Å²) in [6, 6.07) is 1.55. The zero-order valence-corrected chi connectivity index (χ0v) is 13.9. The molecule has 3 aromatic heterocycles. The van der Waals surface area contributed by atoms with Crippen molar-refractivity contribution in [3.63, 3.8) is 0 Å². The van der Waals surface area contributed by atoms with Crippen molar-refractivity contribution in [2.75, 3.05) is 5.32 Å². The Bertz CT molecular complexity index is 894. The maximum atomic E-state index is 12.1. The van der Waals surface area contributed by atoms with E-state index in [2.05, 4.69) is 14.7 Å². The number of carbonyl (C=O) groups excluding carboxylic acids is 2. The zero-order chi connectivity index (χ0) is 16.6. The lowest BCUT2D eigenvalue weighted by Gasteiger charge is -1.99. The molecule has 23 heavy (non-hydrogen) atoms. The number of anilines is 1. The first-order chi connectivity index (χ1) is 11.0. The molecule has 0 saturated carbocycles. The second kappa shape index (κ2) is 5.94. The number of nitrogens with one attached hydrogen (secondary N) is 1. The van der Waals surface area contributed by atoms with Crippen LogP contribution in [0.2, 0.25) is 0 Å². The number of thiazole rings is 1. The third-order valence-corrected chi connectivity index (χ3v) is 4.63. The van der Waals surface area contributed by atoms with E-state index >= 15 is 0 Å². The van der Waals surface area contributed by atoms with E-state index in [0.717, 1.165) is 0 Å². The number of hydrogen-bond acceptors (Lipinski definition) is 7. The van der Waals surface area contributed by atoms with Crippen molar-refractivity contribution in [2.24, 2.45) is 5.73 Å². The van der Waals surface area contributed by atoms with Crippen molar-refractivity contribution >= 4 is 39.8 Å². The van der Waals surface area contributed by atoms with Crippen molar-refractivity contribution in [1.29, 1.82) is 0 Å². The van der Waals surface area contributed by atoms with Crippen LogP contribution in [0.15, 0.2) is 21.2 Å². The minimum Gasteiger partial charge on any atom is -0.456 e. The van der Waals surface area contributed by atoms with Crippen molar-refractivity contribution in [2.45, 2.75) is 13.8 Å². The number of nitrogens with zero attached hydrogens (tertiary/aromatic N) is 2. The average Bonchev–Trinajstić information content (AvgIpc) is 3.18. The number of carbonyl (C=O) groups is 2. The first kappa shape index (κ1) is 15.4. The van der Waals surface area contributed by atoms with Gasteiger partial charge in [-0.2, -0.15) is 4.37 Å². The molecule has 0 fully saturated rings. The summed E-state index contributed by atoms with van der Waals surface area (Å²) in [5, 5.41) is 6.66. The topological polar surface area (TPSA) is 111 Å². The van der Waals surface area contributed by atoms with E-state index in [4.69, 9.17) is 10.2 Å².